The van der Waals surface area contributed by atoms with Gasteiger partial charge in [-0.05, 0) is 20.8 Å². The fraction of sp³-hybridized carbons (Fsp3) is 0.462. The minimum atomic E-state index is 0.570. The molecule has 1 aromatic carbocycles. The summed E-state index contributed by atoms with van der Waals surface area (Å²) in [6.07, 6.45) is 0. The predicted molar refractivity (Wildman–Crippen MR) is 81.1 cm³/mol. The first-order valence-corrected chi connectivity index (χ1v) is 7.53. The maximum atomic E-state index is 6.26. The van der Waals surface area contributed by atoms with E-state index in [1.165, 1.54) is 11.3 Å². The van der Waals surface area contributed by atoms with Crippen molar-refractivity contribution >= 4 is 38.3 Å². The quantitative estimate of drug-likeness (QED) is 0.869. The molecule has 4 nitrogen and oxygen atoms in total. The fourth-order valence-corrected chi connectivity index (χ4v) is 3.11. The molecule has 0 unspecified atom stereocenters. The van der Waals surface area contributed by atoms with E-state index in [4.69, 9.17) is 21.1 Å². The third-order valence-corrected chi connectivity index (χ3v) is 3.76. The summed E-state index contributed by atoms with van der Waals surface area (Å²) < 4.78 is 12.2. The van der Waals surface area contributed by atoms with Crippen LogP contribution in [0.25, 0.3) is 10.2 Å². The lowest BCUT2D eigenvalue weighted by Gasteiger charge is -2.11. The standard InChI is InChI=1S/C13H17ClN2O2S/c1-4-15-13-16-10-8(14)7-9(17-5-2)11(18-6-3)12(10)19-13/h7H,4-6H2,1-3H3,(H,15,16). The number of ether oxygens (including phenoxy) is 2. The maximum absolute atomic E-state index is 6.26. The SMILES string of the molecule is CCNc1nc2c(Cl)cc(OCC)c(OCC)c2s1. The van der Waals surface area contributed by atoms with Crippen LogP contribution in [-0.2, 0) is 0 Å². The summed E-state index contributed by atoms with van der Waals surface area (Å²) in [6.45, 7) is 7.88. The molecule has 0 aliphatic carbocycles. The summed E-state index contributed by atoms with van der Waals surface area (Å²) in [4.78, 5) is 4.49. The molecule has 1 aromatic heterocycles. The second kappa shape index (κ2) is 6.30. The van der Waals surface area contributed by atoms with Gasteiger partial charge in [-0.15, -0.1) is 0 Å². The van der Waals surface area contributed by atoms with Crippen LogP contribution < -0.4 is 14.8 Å². The average Bonchev–Trinajstić information content (AvgIpc) is 2.79. The molecule has 0 spiro atoms. The third-order valence-electron chi connectivity index (χ3n) is 2.46. The van der Waals surface area contributed by atoms with Crippen LogP contribution in [0.3, 0.4) is 0 Å². The van der Waals surface area contributed by atoms with Crippen LogP contribution in [0.15, 0.2) is 6.07 Å². The first-order valence-electron chi connectivity index (χ1n) is 6.33. The Kier molecular flexibility index (Phi) is 4.71. The first kappa shape index (κ1) is 14.2. The molecule has 0 saturated heterocycles. The van der Waals surface area contributed by atoms with Gasteiger partial charge in [-0.2, -0.15) is 0 Å². The summed E-state index contributed by atoms with van der Waals surface area (Å²) >= 11 is 7.80. The number of rotatable bonds is 6. The lowest BCUT2D eigenvalue weighted by molar-refractivity contribution is 0.291. The Morgan fingerprint density at radius 1 is 1.26 bits per heavy atom. The first-order chi connectivity index (χ1) is 9.21. The van der Waals surface area contributed by atoms with E-state index < -0.39 is 0 Å². The lowest BCUT2D eigenvalue weighted by atomic mass is 10.3. The summed E-state index contributed by atoms with van der Waals surface area (Å²) in [5.74, 6) is 1.40. The van der Waals surface area contributed by atoms with Gasteiger partial charge in [0.15, 0.2) is 16.6 Å². The van der Waals surface area contributed by atoms with Crippen molar-refractivity contribution in [3.05, 3.63) is 11.1 Å². The highest BCUT2D eigenvalue weighted by molar-refractivity contribution is 7.22. The molecule has 0 aliphatic rings. The lowest BCUT2D eigenvalue weighted by Crippen LogP contribution is -1.98. The minimum Gasteiger partial charge on any atom is -0.490 e. The third kappa shape index (κ3) is 2.87. The highest BCUT2D eigenvalue weighted by Gasteiger charge is 2.18. The van der Waals surface area contributed by atoms with Gasteiger partial charge in [0, 0.05) is 12.6 Å². The van der Waals surface area contributed by atoms with E-state index >= 15 is 0 Å². The van der Waals surface area contributed by atoms with Gasteiger partial charge in [0.25, 0.3) is 0 Å². The number of benzene rings is 1. The van der Waals surface area contributed by atoms with Gasteiger partial charge < -0.3 is 14.8 Å². The number of nitrogens with zero attached hydrogens (tertiary/aromatic N) is 1. The number of aromatic nitrogens is 1. The van der Waals surface area contributed by atoms with Crippen LogP contribution >= 0.6 is 22.9 Å². The number of fused-ring (bicyclic) bond motifs is 1. The van der Waals surface area contributed by atoms with Gasteiger partial charge in [0.2, 0.25) is 0 Å². The largest absolute Gasteiger partial charge is 0.490 e. The number of halogens is 1. The average molecular weight is 301 g/mol. The van der Waals surface area contributed by atoms with Crippen LogP contribution in [0.4, 0.5) is 5.13 Å². The van der Waals surface area contributed by atoms with E-state index in [9.17, 15) is 0 Å². The van der Waals surface area contributed by atoms with E-state index in [0.29, 0.717) is 24.0 Å². The smallest absolute Gasteiger partial charge is 0.183 e. The van der Waals surface area contributed by atoms with Gasteiger partial charge in [-0.3, -0.25) is 0 Å². The molecule has 1 heterocycles. The molecule has 0 amide bonds. The highest BCUT2D eigenvalue weighted by Crippen LogP contribution is 2.44. The fourth-order valence-electron chi connectivity index (χ4n) is 1.77. The molecule has 0 saturated carbocycles. The maximum Gasteiger partial charge on any atom is 0.183 e. The van der Waals surface area contributed by atoms with Crippen LogP contribution in [0.2, 0.25) is 5.02 Å². The van der Waals surface area contributed by atoms with Gasteiger partial charge >= 0.3 is 0 Å². The molecule has 0 bridgehead atoms. The van der Waals surface area contributed by atoms with E-state index in [1.807, 2.05) is 20.8 Å². The summed E-state index contributed by atoms with van der Waals surface area (Å²) in [5.41, 5.74) is 0.759. The second-order valence-electron chi connectivity index (χ2n) is 3.78. The molecule has 19 heavy (non-hydrogen) atoms. The monoisotopic (exact) mass is 300 g/mol. The van der Waals surface area contributed by atoms with Crippen molar-refractivity contribution in [2.24, 2.45) is 0 Å². The normalized spacial score (nSPS) is 10.7. The van der Waals surface area contributed by atoms with Gasteiger partial charge in [0.1, 0.15) is 10.2 Å². The Bertz CT molecular complexity index is 571. The Labute approximate surface area is 121 Å². The second-order valence-corrected chi connectivity index (χ2v) is 5.19. The zero-order valence-electron chi connectivity index (χ0n) is 11.2. The zero-order chi connectivity index (χ0) is 13.8. The summed E-state index contributed by atoms with van der Waals surface area (Å²) in [6, 6.07) is 1.77. The minimum absolute atomic E-state index is 0.570. The number of thiazole rings is 1. The number of hydrogen-bond donors (Lipinski definition) is 1. The van der Waals surface area contributed by atoms with Crippen molar-refractivity contribution < 1.29 is 9.47 Å². The molecule has 6 heteroatoms. The van der Waals surface area contributed by atoms with Crippen molar-refractivity contribution in [1.29, 1.82) is 0 Å². The molecular formula is C13H17ClN2O2S. The number of hydrogen-bond acceptors (Lipinski definition) is 5. The Morgan fingerprint density at radius 2 is 2.00 bits per heavy atom. The van der Waals surface area contributed by atoms with E-state index in [-0.39, 0.29) is 0 Å². The molecular weight excluding hydrogens is 284 g/mol. The van der Waals surface area contributed by atoms with Crippen molar-refractivity contribution in [1.82, 2.24) is 4.98 Å². The topological polar surface area (TPSA) is 43.4 Å². The Hall–Kier alpha value is -1.20. The van der Waals surface area contributed by atoms with Crippen molar-refractivity contribution in [2.45, 2.75) is 20.8 Å². The van der Waals surface area contributed by atoms with Gasteiger partial charge in [-0.1, -0.05) is 22.9 Å². The van der Waals surface area contributed by atoms with Gasteiger partial charge in [-0.25, -0.2) is 4.98 Å². The van der Waals surface area contributed by atoms with Gasteiger partial charge in [0.05, 0.1) is 18.2 Å². The number of nitrogens with one attached hydrogen (secondary N) is 1. The van der Waals surface area contributed by atoms with E-state index in [1.54, 1.807) is 6.07 Å². The molecule has 2 rings (SSSR count). The van der Waals surface area contributed by atoms with Crippen LogP contribution in [0.5, 0.6) is 11.5 Å². The van der Waals surface area contributed by atoms with Crippen molar-refractivity contribution in [3.63, 3.8) is 0 Å². The van der Waals surface area contributed by atoms with Crippen LogP contribution in [0, 0.1) is 0 Å². The van der Waals surface area contributed by atoms with Crippen LogP contribution in [-0.4, -0.2) is 24.7 Å². The summed E-state index contributed by atoms with van der Waals surface area (Å²) in [7, 11) is 0. The molecule has 0 atom stereocenters. The zero-order valence-corrected chi connectivity index (χ0v) is 12.8. The molecule has 0 radical (unpaired) electrons. The van der Waals surface area contributed by atoms with E-state index in [0.717, 1.165) is 27.6 Å². The molecule has 0 aliphatic heterocycles. The number of anilines is 1. The molecule has 1 N–H and O–H groups in total. The molecule has 2 aromatic rings. The predicted octanol–water partition coefficient (Wildman–Crippen LogP) is 4.18. The highest BCUT2D eigenvalue weighted by atomic mass is 35.5. The summed E-state index contributed by atoms with van der Waals surface area (Å²) in [5, 5.41) is 4.62. The Balaban J connectivity index is 2.60. The van der Waals surface area contributed by atoms with E-state index in [2.05, 4.69) is 10.3 Å². The Morgan fingerprint density at radius 3 is 2.63 bits per heavy atom. The van der Waals surface area contributed by atoms with Crippen molar-refractivity contribution in [2.75, 3.05) is 25.1 Å². The van der Waals surface area contributed by atoms with Crippen molar-refractivity contribution in [3.8, 4) is 11.5 Å². The molecule has 0 fully saturated rings. The van der Waals surface area contributed by atoms with Crippen LogP contribution in [0.1, 0.15) is 20.8 Å². The molecule has 104 valence electrons.